The smallest absolute Gasteiger partial charge is 0.131 e. The van der Waals surface area contributed by atoms with E-state index in [1.165, 1.54) is 55.6 Å². The van der Waals surface area contributed by atoms with Crippen molar-refractivity contribution in [2.24, 2.45) is 0 Å². The van der Waals surface area contributed by atoms with Crippen LogP contribution in [0.25, 0.3) is 33.4 Å². The molecule has 0 unspecified atom stereocenters. The molecule has 0 amide bonds. The van der Waals surface area contributed by atoms with Gasteiger partial charge in [-0.2, -0.15) is 0 Å². The van der Waals surface area contributed by atoms with Crippen molar-refractivity contribution in [2.75, 3.05) is 0 Å². The summed E-state index contributed by atoms with van der Waals surface area (Å²) in [6.07, 6.45) is 0. The molecular formula is C33H36O. The zero-order valence-corrected chi connectivity index (χ0v) is 22.1. The molecule has 0 aliphatic rings. The summed E-state index contributed by atoms with van der Waals surface area (Å²) in [7, 11) is 0. The predicted octanol–water partition coefficient (Wildman–Crippen LogP) is 9.17. The lowest BCUT2D eigenvalue weighted by molar-refractivity contribution is 0.479. The second-order valence-electron chi connectivity index (χ2n) is 10.2. The van der Waals surface area contributed by atoms with E-state index in [-0.39, 0.29) is 0 Å². The lowest BCUT2D eigenvalue weighted by atomic mass is 9.84. The molecule has 1 heteroatoms. The van der Waals surface area contributed by atoms with Gasteiger partial charge in [0, 0.05) is 11.1 Å². The number of hydrogen-bond donors (Lipinski definition) is 1. The highest BCUT2D eigenvalue weighted by Crippen LogP contribution is 2.46. The number of rotatable bonds is 3. The van der Waals surface area contributed by atoms with E-state index in [2.05, 4.69) is 111 Å². The van der Waals surface area contributed by atoms with Crippen LogP contribution >= 0.6 is 0 Å². The maximum absolute atomic E-state index is 11.8. The van der Waals surface area contributed by atoms with E-state index in [0.29, 0.717) is 5.75 Å². The van der Waals surface area contributed by atoms with Crippen LogP contribution in [0.2, 0.25) is 0 Å². The monoisotopic (exact) mass is 448 g/mol. The number of benzene rings is 4. The molecule has 4 rings (SSSR count). The highest BCUT2D eigenvalue weighted by atomic mass is 16.3. The Bertz CT molecular complexity index is 1290. The summed E-state index contributed by atoms with van der Waals surface area (Å²) in [4.78, 5) is 0. The number of aryl methyl sites for hydroxylation is 9. The van der Waals surface area contributed by atoms with Gasteiger partial charge in [0.15, 0.2) is 0 Å². The van der Waals surface area contributed by atoms with Crippen molar-refractivity contribution in [3.63, 3.8) is 0 Å². The van der Waals surface area contributed by atoms with E-state index in [1.54, 1.807) is 0 Å². The molecular weight excluding hydrogens is 412 g/mol. The van der Waals surface area contributed by atoms with Gasteiger partial charge < -0.3 is 5.11 Å². The molecule has 4 aromatic rings. The first kappa shape index (κ1) is 23.8. The molecule has 0 bridgehead atoms. The molecule has 0 aliphatic carbocycles. The molecule has 0 heterocycles. The predicted molar refractivity (Wildman–Crippen MR) is 147 cm³/mol. The van der Waals surface area contributed by atoms with Crippen molar-refractivity contribution in [1.29, 1.82) is 0 Å². The largest absolute Gasteiger partial charge is 0.507 e. The van der Waals surface area contributed by atoms with Gasteiger partial charge in [-0.25, -0.2) is 0 Å². The molecule has 0 atom stereocenters. The molecule has 1 N–H and O–H groups in total. The molecule has 0 saturated carbocycles. The summed E-state index contributed by atoms with van der Waals surface area (Å²) in [5, 5.41) is 11.8. The Hall–Kier alpha value is -3.32. The van der Waals surface area contributed by atoms with Crippen LogP contribution < -0.4 is 0 Å². The summed E-state index contributed by atoms with van der Waals surface area (Å²) in [6, 6.07) is 17.7. The third-order valence-electron chi connectivity index (χ3n) is 6.97. The lowest BCUT2D eigenvalue weighted by Crippen LogP contribution is -1.97. The number of hydrogen-bond acceptors (Lipinski definition) is 1. The highest BCUT2D eigenvalue weighted by molar-refractivity contribution is 5.92. The molecule has 0 radical (unpaired) electrons. The van der Waals surface area contributed by atoms with E-state index < -0.39 is 0 Å². The highest BCUT2D eigenvalue weighted by Gasteiger charge is 2.21. The minimum absolute atomic E-state index is 0.358. The Morgan fingerprint density at radius 2 is 0.647 bits per heavy atom. The van der Waals surface area contributed by atoms with Crippen LogP contribution in [0.15, 0.2) is 48.5 Å². The van der Waals surface area contributed by atoms with Crippen LogP contribution in [0.1, 0.15) is 50.1 Å². The normalized spacial score (nSPS) is 11.2. The van der Waals surface area contributed by atoms with E-state index >= 15 is 0 Å². The van der Waals surface area contributed by atoms with Crippen molar-refractivity contribution in [3.8, 4) is 39.1 Å². The maximum atomic E-state index is 11.8. The fraction of sp³-hybridized carbons (Fsp3) is 0.273. The molecule has 0 saturated heterocycles. The summed E-state index contributed by atoms with van der Waals surface area (Å²) in [6.45, 7) is 19.4. The number of phenols is 1. The average molecular weight is 449 g/mol. The zero-order valence-electron chi connectivity index (χ0n) is 22.1. The summed E-state index contributed by atoms with van der Waals surface area (Å²) >= 11 is 0. The third-order valence-corrected chi connectivity index (χ3v) is 6.97. The zero-order chi connectivity index (χ0) is 24.9. The Morgan fingerprint density at radius 1 is 0.382 bits per heavy atom. The Labute approximate surface area is 205 Å². The SMILES string of the molecule is Cc1cc(C)c(-c2cc(-c3c(C)cc(C)cc3C)c(O)c(-c3c(C)cc(C)cc3C)c2)c(C)c1. The minimum Gasteiger partial charge on any atom is -0.507 e. The quantitative estimate of drug-likeness (QED) is 0.331. The van der Waals surface area contributed by atoms with Gasteiger partial charge in [-0.15, -0.1) is 0 Å². The van der Waals surface area contributed by atoms with Gasteiger partial charge in [-0.05, 0) is 130 Å². The third kappa shape index (κ3) is 4.16. The maximum Gasteiger partial charge on any atom is 0.131 e. The molecule has 0 aliphatic heterocycles. The Balaban J connectivity index is 2.15. The molecule has 4 aromatic carbocycles. The molecule has 0 fully saturated rings. The van der Waals surface area contributed by atoms with E-state index in [1.807, 2.05) is 0 Å². The van der Waals surface area contributed by atoms with Crippen molar-refractivity contribution in [2.45, 2.75) is 62.3 Å². The first-order chi connectivity index (χ1) is 16.0. The van der Waals surface area contributed by atoms with Gasteiger partial charge in [0.1, 0.15) is 5.75 Å². The van der Waals surface area contributed by atoms with Crippen LogP contribution in [-0.2, 0) is 0 Å². The van der Waals surface area contributed by atoms with E-state index in [0.717, 1.165) is 27.8 Å². The average Bonchev–Trinajstić information content (AvgIpc) is 2.68. The molecule has 1 nitrogen and oxygen atoms in total. The van der Waals surface area contributed by atoms with E-state index in [9.17, 15) is 5.11 Å². The van der Waals surface area contributed by atoms with Gasteiger partial charge in [-0.1, -0.05) is 53.1 Å². The van der Waals surface area contributed by atoms with Crippen molar-refractivity contribution in [1.82, 2.24) is 0 Å². The van der Waals surface area contributed by atoms with Crippen LogP contribution in [-0.4, -0.2) is 5.11 Å². The Morgan fingerprint density at radius 3 is 0.941 bits per heavy atom. The fourth-order valence-corrected chi connectivity index (χ4v) is 6.01. The summed E-state index contributed by atoms with van der Waals surface area (Å²) in [5.41, 5.74) is 17.5. The van der Waals surface area contributed by atoms with Crippen molar-refractivity contribution >= 4 is 0 Å². The lowest BCUT2D eigenvalue weighted by Gasteiger charge is -2.21. The van der Waals surface area contributed by atoms with Gasteiger partial charge in [-0.3, -0.25) is 0 Å². The molecule has 34 heavy (non-hydrogen) atoms. The van der Waals surface area contributed by atoms with Gasteiger partial charge in [0.2, 0.25) is 0 Å². The minimum atomic E-state index is 0.358. The van der Waals surface area contributed by atoms with E-state index in [4.69, 9.17) is 0 Å². The topological polar surface area (TPSA) is 20.2 Å². The van der Waals surface area contributed by atoms with Gasteiger partial charge in [0.25, 0.3) is 0 Å². The second kappa shape index (κ2) is 8.80. The standard InChI is InChI=1S/C33H36O/c1-18-10-21(4)30(22(5)11-18)27-16-28(31-23(6)12-19(2)13-24(31)7)33(34)29(17-27)32-25(8)14-20(3)15-26(32)9/h10-17,34H,1-9H3. The number of phenolic OH excluding ortho intramolecular Hbond substituents is 1. The van der Waals surface area contributed by atoms with Crippen LogP contribution in [0.4, 0.5) is 0 Å². The molecule has 174 valence electrons. The molecule has 0 aromatic heterocycles. The Kier molecular flexibility index (Phi) is 6.16. The van der Waals surface area contributed by atoms with Crippen LogP contribution in [0.5, 0.6) is 5.75 Å². The summed E-state index contributed by atoms with van der Waals surface area (Å²) in [5.74, 6) is 0.358. The first-order valence-corrected chi connectivity index (χ1v) is 12.1. The number of aromatic hydroxyl groups is 1. The fourth-order valence-electron chi connectivity index (χ4n) is 6.01. The van der Waals surface area contributed by atoms with Gasteiger partial charge in [0.05, 0.1) is 0 Å². The summed E-state index contributed by atoms with van der Waals surface area (Å²) < 4.78 is 0. The molecule has 0 spiro atoms. The van der Waals surface area contributed by atoms with Crippen LogP contribution in [0, 0.1) is 62.3 Å². The van der Waals surface area contributed by atoms with Crippen molar-refractivity contribution < 1.29 is 5.11 Å². The van der Waals surface area contributed by atoms with Crippen LogP contribution in [0.3, 0.4) is 0 Å². The first-order valence-electron chi connectivity index (χ1n) is 12.1. The second-order valence-corrected chi connectivity index (χ2v) is 10.2. The van der Waals surface area contributed by atoms with Gasteiger partial charge >= 0.3 is 0 Å². The van der Waals surface area contributed by atoms with Crippen molar-refractivity contribution in [3.05, 3.63) is 98.6 Å².